The molecule has 0 bridgehead atoms. The molecule has 0 saturated heterocycles. The summed E-state index contributed by atoms with van der Waals surface area (Å²) < 4.78 is 39.0. The van der Waals surface area contributed by atoms with Gasteiger partial charge in [0.15, 0.2) is 0 Å². The second-order valence-corrected chi connectivity index (χ2v) is 4.78. The van der Waals surface area contributed by atoms with Crippen molar-refractivity contribution in [3.05, 3.63) is 29.3 Å². The van der Waals surface area contributed by atoms with Gasteiger partial charge in [0, 0.05) is 12.6 Å². The van der Waals surface area contributed by atoms with E-state index >= 15 is 0 Å². The summed E-state index contributed by atoms with van der Waals surface area (Å²) in [5, 5.41) is 5.32. The van der Waals surface area contributed by atoms with E-state index in [-0.39, 0.29) is 17.3 Å². The van der Waals surface area contributed by atoms with Crippen molar-refractivity contribution in [2.75, 3.05) is 11.9 Å². The average molecular weight is 288 g/mol. The molecule has 1 rings (SSSR count). The number of benzene rings is 1. The van der Waals surface area contributed by atoms with Crippen molar-refractivity contribution in [3.8, 4) is 0 Å². The molecule has 0 aliphatic carbocycles. The summed E-state index contributed by atoms with van der Waals surface area (Å²) in [4.78, 5) is 12.0. The lowest BCUT2D eigenvalue weighted by Crippen LogP contribution is -2.31. The number of carbonyl (C=O) groups is 1. The molecule has 0 aliphatic rings. The minimum absolute atomic E-state index is 0.0157. The van der Waals surface area contributed by atoms with Gasteiger partial charge in [0.2, 0.25) is 0 Å². The maximum Gasteiger partial charge on any atom is 0.418 e. The van der Waals surface area contributed by atoms with Crippen LogP contribution >= 0.6 is 0 Å². The highest BCUT2D eigenvalue weighted by atomic mass is 19.4. The Morgan fingerprint density at radius 1 is 1.30 bits per heavy atom. The van der Waals surface area contributed by atoms with Crippen molar-refractivity contribution in [2.24, 2.45) is 0 Å². The van der Waals surface area contributed by atoms with E-state index in [0.29, 0.717) is 13.0 Å². The van der Waals surface area contributed by atoms with Gasteiger partial charge in [0.1, 0.15) is 0 Å². The summed E-state index contributed by atoms with van der Waals surface area (Å²) in [5.74, 6) is -0.510. The maximum absolute atomic E-state index is 13.0. The standard InChI is InChI=1S/C14H19F3N2O/c1-4-8-18-12-10(13(20)19-9(2)3)6-5-7-11(12)14(15,16)17/h5-7,9,18H,4,8H2,1-3H3,(H,19,20). The molecule has 1 aromatic carbocycles. The summed E-state index contributed by atoms with van der Waals surface area (Å²) in [5.41, 5.74) is -0.954. The maximum atomic E-state index is 13.0. The molecule has 0 atom stereocenters. The first kappa shape index (κ1) is 16.3. The molecular weight excluding hydrogens is 269 g/mol. The molecule has 6 heteroatoms. The van der Waals surface area contributed by atoms with E-state index in [1.807, 2.05) is 6.92 Å². The van der Waals surface area contributed by atoms with Crippen LogP contribution in [0.1, 0.15) is 43.1 Å². The van der Waals surface area contributed by atoms with E-state index in [9.17, 15) is 18.0 Å². The fraction of sp³-hybridized carbons (Fsp3) is 0.500. The van der Waals surface area contributed by atoms with Gasteiger partial charge in [-0.1, -0.05) is 13.0 Å². The van der Waals surface area contributed by atoms with E-state index in [4.69, 9.17) is 0 Å². The molecule has 2 N–H and O–H groups in total. The molecule has 0 unspecified atom stereocenters. The summed E-state index contributed by atoms with van der Waals surface area (Å²) in [7, 11) is 0. The van der Waals surface area contributed by atoms with Crippen molar-refractivity contribution in [1.82, 2.24) is 5.32 Å². The number of hydrogen-bond donors (Lipinski definition) is 2. The van der Waals surface area contributed by atoms with Crippen molar-refractivity contribution >= 4 is 11.6 Å². The van der Waals surface area contributed by atoms with Gasteiger partial charge in [-0.05, 0) is 32.4 Å². The average Bonchev–Trinajstić information content (AvgIpc) is 2.33. The summed E-state index contributed by atoms with van der Waals surface area (Å²) in [6.07, 6.45) is -3.83. The monoisotopic (exact) mass is 288 g/mol. The summed E-state index contributed by atoms with van der Waals surface area (Å²) in [6.45, 7) is 5.72. The summed E-state index contributed by atoms with van der Waals surface area (Å²) >= 11 is 0. The molecular formula is C14H19F3N2O. The second-order valence-electron chi connectivity index (χ2n) is 4.78. The molecule has 3 nitrogen and oxygen atoms in total. The van der Waals surface area contributed by atoms with E-state index in [0.717, 1.165) is 6.07 Å². The van der Waals surface area contributed by atoms with E-state index < -0.39 is 17.6 Å². The smallest absolute Gasteiger partial charge is 0.384 e. The van der Waals surface area contributed by atoms with Gasteiger partial charge in [-0.25, -0.2) is 0 Å². The number of nitrogens with one attached hydrogen (secondary N) is 2. The fourth-order valence-corrected chi connectivity index (χ4v) is 1.76. The number of alkyl halides is 3. The van der Waals surface area contributed by atoms with E-state index in [2.05, 4.69) is 10.6 Å². The van der Waals surface area contributed by atoms with Crippen LogP contribution in [0, 0.1) is 0 Å². The Morgan fingerprint density at radius 2 is 1.95 bits per heavy atom. The summed E-state index contributed by atoms with van der Waals surface area (Å²) in [6, 6.07) is 3.47. The fourth-order valence-electron chi connectivity index (χ4n) is 1.76. The van der Waals surface area contributed by atoms with Crippen molar-refractivity contribution < 1.29 is 18.0 Å². The van der Waals surface area contributed by atoms with Crippen LogP contribution in [-0.4, -0.2) is 18.5 Å². The van der Waals surface area contributed by atoms with Crippen LogP contribution < -0.4 is 10.6 Å². The Kier molecular flexibility index (Phi) is 5.42. The van der Waals surface area contributed by atoms with E-state index in [1.54, 1.807) is 13.8 Å². The van der Waals surface area contributed by atoms with Gasteiger partial charge in [0.25, 0.3) is 5.91 Å². The third-order valence-electron chi connectivity index (χ3n) is 2.59. The van der Waals surface area contributed by atoms with Crippen molar-refractivity contribution in [1.29, 1.82) is 0 Å². The van der Waals surface area contributed by atoms with Gasteiger partial charge < -0.3 is 10.6 Å². The number of halogens is 3. The van der Waals surface area contributed by atoms with E-state index in [1.165, 1.54) is 12.1 Å². The Morgan fingerprint density at radius 3 is 2.45 bits per heavy atom. The number of para-hydroxylation sites is 1. The number of carbonyl (C=O) groups excluding carboxylic acids is 1. The SMILES string of the molecule is CCCNc1c(C(=O)NC(C)C)cccc1C(F)(F)F. The molecule has 112 valence electrons. The van der Waals surface area contributed by atoms with Crippen LogP contribution in [0.15, 0.2) is 18.2 Å². The molecule has 0 heterocycles. The van der Waals surface area contributed by atoms with Gasteiger partial charge in [-0.15, -0.1) is 0 Å². The van der Waals surface area contributed by atoms with Gasteiger partial charge in [0.05, 0.1) is 16.8 Å². The Bertz CT molecular complexity index is 470. The zero-order valence-corrected chi connectivity index (χ0v) is 11.8. The molecule has 1 amide bonds. The lowest BCUT2D eigenvalue weighted by molar-refractivity contribution is -0.137. The zero-order valence-electron chi connectivity index (χ0n) is 11.8. The highest BCUT2D eigenvalue weighted by Gasteiger charge is 2.35. The molecule has 1 aromatic rings. The molecule has 0 fully saturated rings. The minimum atomic E-state index is -4.50. The topological polar surface area (TPSA) is 41.1 Å². The third kappa shape index (κ3) is 4.15. The first-order valence-corrected chi connectivity index (χ1v) is 6.52. The van der Waals surface area contributed by atoms with Crippen molar-refractivity contribution in [3.63, 3.8) is 0 Å². The van der Waals surface area contributed by atoms with Gasteiger partial charge in [-0.3, -0.25) is 4.79 Å². The molecule has 0 radical (unpaired) electrons. The second kappa shape index (κ2) is 6.63. The highest BCUT2D eigenvalue weighted by molar-refractivity contribution is 6.00. The molecule has 0 aromatic heterocycles. The Labute approximate surface area is 116 Å². The molecule has 0 saturated carbocycles. The first-order valence-electron chi connectivity index (χ1n) is 6.52. The lowest BCUT2D eigenvalue weighted by Gasteiger charge is -2.18. The molecule has 0 aliphatic heterocycles. The van der Waals surface area contributed by atoms with Crippen LogP contribution in [-0.2, 0) is 6.18 Å². The van der Waals surface area contributed by atoms with Crippen LogP contribution in [0.2, 0.25) is 0 Å². The van der Waals surface area contributed by atoms with Gasteiger partial charge in [-0.2, -0.15) is 13.2 Å². The lowest BCUT2D eigenvalue weighted by atomic mass is 10.0. The molecule has 0 spiro atoms. The normalized spacial score (nSPS) is 11.6. The number of hydrogen-bond acceptors (Lipinski definition) is 2. The number of rotatable bonds is 5. The number of anilines is 1. The minimum Gasteiger partial charge on any atom is -0.384 e. The first-order chi connectivity index (χ1) is 9.27. The van der Waals surface area contributed by atoms with Crippen LogP contribution in [0.5, 0.6) is 0 Å². The Hall–Kier alpha value is -1.72. The molecule has 20 heavy (non-hydrogen) atoms. The highest BCUT2D eigenvalue weighted by Crippen LogP contribution is 2.36. The van der Waals surface area contributed by atoms with Crippen LogP contribution in [0.4, 0.5) is 18.9 Å². The Balaban J connectivity index is 3.25. The zero-order chi connectivity index (χ0) is 15.3. The number of amides is 1. The van der Waals surface area contributed by atoms with Crippen molar-refractivity contribution in [2.45, 2.75) is 39.4 Å². The third-order valence-corrected chi connectivity index (χ3v) is 2.59. The van der Waals surface area contributed by atoms with Crippen LogP contribution in [0.25, 0.3) is 0 Å². The van der Waals surface area contributed by atoms with Gasteiger partial charge >= 0.3 is 6.18 Å². The predicted octanol–water partition coefficient (Wildman–Crippen LogP) is 3.67. The largest absolute Gasteiger partial charge is 0.418 e. The quantitative estimate of drug-likeness (QED) is 0.868. The van der Waals surface area contributed by atoms with Crippen LogP contribution in [0.3, 0.4) is 0 Å². The predicted molar refractivity (Wildman–Crippen MR) is 72.8 cm³/mol.